The van der Waals surface area contributed by atoms with Crippen LogP contribution in [0.5, 0.6) is 5.75 Å². The van der Waals surface area contributed by atoms with Gasteiger partial charge in [-0.15, -0.1) is 13.2 Å². The average molecular weight is 413 g/mol. The number of benzene rings is 1. The predicted octanol–water partition coefficient (Wildman–Crippen LogP) is 7.69. The van der Waals surface area contributed by atoms with Gasteiger partial charge in [-0.2, -0.15) is 0 Å². The standard InChI is InChI=1S/C23H35F3OSi/c1-2-15-28-16-13-19(14-17-28)4-3-18-5-7-20(8-6-18)21-9-11-22(12-10-21)27-23(24,25)26/h9-12,18-20,28H,2-8,13-17H2,1H3/t18?,19-,20?,28-. The van der Waals surface area contributed by atoms with Crippen LogP contribution in [-0.2, 0) is 0 Å². The maximum atomic E-state index is 12.3. The largest absolute Gasteiger partial charge is 0.573 e. The monoisotopic (exact) mass is 412 g/mol. The van der Waals surface area contributed by atoms with Crippen molar-refractivity contribution >= 4 is 8.80 Å². The molecule has 28 heavy (non-hydrogen) atoms. The number of rotatable bonds is 7. The van der Waals surface area contributed by atoms with Crippen LogP contribution in [0, 0.1) is 11.8 Å². The maximum Gasteiger partial charge on any atom is 0.573 e. The Kier molecular flexibility index (Phi) is 7.90. The van der Waals surface area contributed by atoms with Gasteiger partial charge >= 0.3 is 6.36 Å². The number of halogens is 3. The lowest BCUT2D eigenvalue weighted by molar-refractivity contribution is -0.274. The van der Waals surface area contributed by atoms with Crippen LogP contribution in [0.25, 0.3) is 0 Å². The van der Waals surface area contributed by atoms with Crippen molar-refractivity contribution in [3.05, 3.63) is 29.8 Å². The van der Waals surface area contributed by atoms with Crippen molar-refractivity contribution in [2.45, 2.75) is 95.1 Å². The summed E-state index contributed by atoms with van der Waals surface area (Å²) >= 11 is 0. The third-order valence-electron chi connectivity index (χ3n) is 7.08. The first-order valence-corrected chi connectivity index (χ1v) is 13.7. The molecule has 2 fully saturated rings. The van der Waals surface area contributed by atoms with Crippen molar-refractivity contribution in [1.82, 2.24) is 0 Å². The summed E-state index contributed by atoms with van der Waals surface area (Å²) in [5, 5.41) is 0. The van der Waals surface area contributed by atoms with Crippen molar-refractivity contribution in [2.75, 3.05) is 0 Å². The van der Waals surface area contributed by atoms with E-state index in [0.717, 1.165) is 17.4 Å². The van der Waals surface area contributed by atoms with Gasteiger partial charge in [0.25, 0.3) is 0 Å². The molecule has 1 heterocycles. The van der Waals surface area contributed by atoms with Gasteiger partial charge in [-0.25, -0.2) is 0 Å². The summed E-state index contributed by atoms with van der Waals surface area (Å²) in [5.74, 6) is 2.21. The first-order chi connectivity index (χ1) is 13.4. The molecule has 1 aromatic carbocycles. The van der Waals surface area contributed by atoms with E-state index < -0.39 is 6.36 Å². The van der Waals surface area contributed by atoms with Crippen LogP contribution >= 0.6 is 0 Å². The molecule has 1 saturated heterocycles. The van der Waals surface area contributed by atoms with E-state index in [1.807, 2.05) is 12.1 Å². The number of ether oxygens (including phenoxy) is 1. The third kappa shape index (κ3) is 6.82. The average Bonchev–Trinajstić information content (AvgIpc) is 2.68. The van der Waals surface area contributed by atoms with E-state index in [1.165, 1.54) is 69.9 Å². The molecular weight excluding hydrogens is 377 g/mol. The minimum atomic E-state index is -4.61. The van der Waals surface area contributed by atoms with E-state index in [2.05, 4.69) is 11.7 Å². The van der Waals surface area contributed by atoms with E-state index in [0.29, 0.717) is 5.92 Å². The molecule has 0 N–H and O–H groups in total. The summed E-state index contributed by atoms with van der Waals surface area (Å²) < 4.78 is 40.8. The van der Waals surface area contributed by atoms with E-state index in [1.54, 1.807) is 18.1 Å². The zero-order valence-corrected chi connectivity index (χ0v) is 18.3. The minimum absolute atomic E-state index is 0.123. The normalized spacial score (nSPS) is 28.9. The molecule has 1 nitrogen and oxygen atoms in total. The summed E-state index contributed by atoms with van der Waals surface area (Å²) in [6.07, 6.45) is 7.45. The molecular formula is C23H35F3OSi. The summed E-state index contributed by atoms with van der Waals surface area (Å²) in [6, 6.07) is 11.2. The van der Waals surface area contributed by atoms with Gasteiger partial charge in [0.2, 0.25) is 0 Å². The number of hydrogen-bond acceptors (Lipinski definition) is 1. The molecule has 0 unspecified atom stereocenters. The van der Waals surface area contributed by atoms with Gasteiger partial charge in [-0.1, -0.05) is 69.3 Å². The highest BCUT2D eigenvalue weighted by Gasteiger charge is 2.31. The summed E-state index contributed by atoms with van der Waals surface area (Å²) in [4.78, 5) is 0. The second-order valence-electron chi connectivity index (χ2n) is 9.09. The molecule has 1 aliphatic heterocycles. The Labute approximate surface area is 169 Å². The lowest BCUT2D eigenvalue weighted by Gasteiger charge is -2.32. The Balaban J connectivity index is 1.36. The summed E-state index contributed by atoms with van der Waals surface area (Å²) in [6.45, 7) is 2.33. The van der Waals surface area contributed by atoms with Crippen LogP contribution in [0.3, 0.4) is 0 Å². The highest BCUT2D eigenvalue weighted by atomic mass is 28.3. The van der Waals surface area contributed by atoms with Gasteiger partial charge in [0.05, 0.1) is 0 Å². The predicted molar refractivity (Wildman–Crippen MR) is 112 cm³/mol. The molecule has 0 bridgehead atoms. The molecule has 0 spiro atoms. The van der Waals surface area contributed by atoms with E-state index in [9.17, 15) is 13.2 Å². The number of alkyl halides is 3. The molecule has 0 aromatic heterocycles. The van der Waals surface area contributed by atoms with Crippen molar-refractivity contribution in [3.63, 3.8) is 0 Å². The van der Waals surface area contributed by atoms with Crippen LogP contribution in [0.1, 0.15) is 76.2 Å². The first-order valence-electron chi connectivity index (χ1n) is 11.3. The molecule has 1 aromatic rings. The van der Waals surface area contributed by atoms with Gasteiger partial charge in [0, 0.05) is 8.80 Å². The van der Waals surface area contributed by atoms with E-state index in [4.69, 9.17) is 0 Å². The van der Waals surface area contributed by atoms with Gasteiger partial charge in [0.15, 0.2) is 0 Å². The molecule has 1 aliphatic carbocycles. The molecule has 0 atom stereocenters. The topological polar surface area (TPSA) is 9.23 Å². The Hall–Kier alpha value is -0.973. The maximum absolute atomic E-state index is 12.3. The summed E-state index contributed by atoms with van der Waals surface area (Å²) in [7, 11) is -0.354. The van der Waals surface area contributed by atoms with E-state index in [-0.39, 0.29) is 14.5 Å². The quantitative estimate of drug-likeness (QED) is 0.417. The van der Waals surface area contributed by atoms with Gasteiger partial charge < -0.3 is 4.74 Å². The fourth-order valence-electron chi connectivity index (χ4n) is 5.41. The van der Waals surface area contributed by atoms with Crippen LogP contribution in [0.2, 0.25) is 18.1 Å². The Morgan fingerprint density at radius 3 is 2.00 bits per heavy atom. The van der Waals surface area contributed by atoms with Crippen LogP contribution in [0.4, 0.5) is 13.2 Å². The van der Waals surface area contributed by atoms with Gasteiger partial charge in [0.1, 0.15) is 5.75 Å². The first kappa shape index (κ1) is 21.7. The Bertz CT molecular complexity index is 571. The molecule has 158 valence electrons. The lowest BCUT2D eigenvalue weighted by atomic mass is 9.76. The van der Waals surface area contributed by atoms with Crippen molar-refractivity contribution in [1.29, 1.82) is 0 Å². The van der Waals surface area contributed by atoms with Gasteiger partial charge in [-0.05, 0) is 61.1 Å². The fourth-order valence-corrected chi connectivity index (χ4v) is 8.98. The Morgan fingerprint density at radius 1 is 0.893 bits per heavy atom. The molecule has 1 saturated carbocycles. The minimum Gasteiger partial charge on any atom is -0.406 e. The molecule has 3 rings (SSSR count). The summed E-state index contributed by atoms with van der Waals surface area (Å²) in [5.41, 5.74) is 1.16. The van der Waals surface area contributed by atoms with Crippen molar-refractivity contribution in [3.8, 4) is 5.75 Å². The lowest BCUT2D eigenvalue weighted by Crippen LogP contribution is -2.22. The van der Waals surface area contributed by atoms with Crippen molar-refractivity contribution < 1.29 is 17.9 Å². The van der Waals surface area contributed by atoms with E-state index >= 15 is 0 Å². The highest BCUT2D eigenvalue weighted by molar-refractivity contribution is 6.58. The van der Waals surface area contributed by atoms with Gasteiger partial charge in [-0.3, -0.25) is 0 Å². The second kappa shape index (κ2) is 10.2. The molecule has 2 aliphatic rings. The zero-order valence-electron chi connectivity index (χ0n) is 17.1. The van der Waals surface area contributed by atoms with Crippen LogP contribution in [0.15, 0.2) is 24.3 Å². The molecule has 5 heteroatoms. The zero-order chi connectivity index (χ0) is 20.0. The SMILES string of the molecule is CCC[Si@H]1CC[C@H](CCC2CCC(c3ccc(OC(F)(F)F)cc3)CC2)CC1. The molecule has 0 radical (unpaired) electrons. The van der Waals surface area contributed by atoms with Crippen LogP contribution < -0.4 is 4.74 Å². The highest BCUT2D eigenvalue weighted by Crippen LogP contribution is 2.40. The number of hydrogen-bond donors (Lipinski definition) is 0. The van der Waals surface area contributed by atoms with Crippen molar-refractivity contribution in [2.24, 2.45) is 11.8 Å². The molecule has 0 amide bonds. The third-order valence-corrected chi connectivity index (χ3v) is 10.8. The fraction of sp³-hybridized carbons (Fsp3) is 0.739. The second-order valence-corrected chi connectivity index (χ2v) is 12.6. The smallest absolute Gasteiger partial charge is 0.406 e. The Morgan fingerprint density at radius 2 is 1.46 bits per heavy atom. The van der Waals surface area contributed by atoms with Crippen LogP contribution in [-0.4, -0.2) is 15.2 Å².